The lowest BCUT2D eigenvalue weighted by molar-refractivity contribution is -0.116. The minimum Gasteiger partial charge on any atom is -0.490 e. The molecule has 28 heavy (non-hydrogen) atoms. The highest BCUT2D eigenvalue weighted by molar-refractivity contribution is 7.71. The van der Waals surface area contributed by atoms with E-state index in [1.165, 1.54) is 0 Å². The minimum atomic E-state index is -0.208. The number of nitrogens with one attached hydrogen (secondary N) is 2. The third-order valence-electron chi connectivity index (χ3n) is 4.37. The highest BCUT2D eigenvalue weighted by Crippen LogP contribution is 2.32. The number of carbonyl (C=O) groups excluding carboxylic acids is 1. The van der Waals surface area contributed by atoms with Crippen molar-refractivity contribution in [3.05, 3.63) is 52.8 Å². The Labute approximate surface area is 167 Å². The number of amides is 1. The van der Waals surface area contributed by atoms with Gasteiger partial charge in [-0.05, 0) is 37.3 Å². The van der Waals surface area contributed by atoms with Crippen LogP contribution in [0.15, 0.2) is 42.5 Å². The summed E-state index contributed by atoms with van der Waals surface area (Å²) in [6.45, 7) is 3.27. The summed E-state index contributed by atoms with van der Waals surface area (Å²) >= 11 is 5.31. The molecule has 0 aliphatic carbocycles. The van der Waals surface area contributed by atoms with Crippen molar-refractivity contribution in [2.75, 3.05) is 18.5 Å². The van der Waals surface area contributed by atoms with Crippen LogP contribution in [0.5, 0.6) is 11.5 Å². The number of hydrogen-bond donors (Lipinski definition) is 2. The Morgan fingerprint density at radius 3 is 2.86 bits per heavy atom. The number of nitrogens with zero attached hydrogens (tertiary/aromatic N) is 2. The first kappa shape index (κ1) is 18.2. The van der Waals surface area contributed by atoms with Gasteiger partial charge in [-0.2, -0.15) is 5.10 Å². The zero-order valence-electron chi connectivity index (χ0n) is 15.4. The molecule has 0 unspecified atom stereocenters. The molecule has 144 valence electrons. The van der Waals surface area contributed by atoms with Gasteiger partial charge in [-0.25, -0.2) is 0 Å². The van der Waals surface area contributed by atoms with Gasteiger partial charge in [0.1, 0.15) is 6.54 Å². The molecule has 0 saturated heterocycles. The molecule has 0 bridgehead atoms. The smallest absolute Gasteiger partial charge is 0.244 e. The maximum atomic E-state index is 12.6. The van der Waals surface area contributed by atoms with Gasteiger partial charge in [0.15, 0.2) is 22.1 Å². The van der Waals surface area contributed by atoms with E-state index >= 15 is 0 Å². The fourth-order valence-corrected chi connectivity index (χ4v) is 3.25. The summed E-state index contributed by atoms with van der Waals surface area (Å²) in [6, 6.07) is 13.3. The van der Waals surface area contributed by atoms with E-state index in [-0.39, 0.29) is 12.5 Å². The summed E-state index contributed by atoms with van der Waals surface area (Å²) in [5.74, 6) is 1.74. The van der Waals surface area contributed by atoms with E-state index in [1.54, 1.807) is 22.8 Å². The molecular formula is C20H20N4O3S. The molecule has 0 atom stereocenters. The largest absolute Gasteiger partial charge is 0.490 e. The number of aryl methyl sites for hydroxylation is 1. The van der Waals surface area contributed by atoms with Crippen LogP contribution in [-0.2, 0) is 11.3 Å². The lowest BCUT2D eigenvalue weighted by Gasteiger charge is -2.11. The van der Waals surface area contributed by atoms with E-state index in [1.807, 2.05) is 31.2 Å². The number of carbonyl (C=O) groups is 1. The van der Waals surface area contributed by atoms with Crippen LogP contribution < -0.4 is 14.8 Å². The average molecular weight is 396 g/mol. The second kappa shape index (κ2) is 7.85. The lowest BCUT2D eigenvalue weighted by Crippen LogP contribution is -2.19. The standard InChI is InChI=1S/C20H20N4O3S/c1-13-4-2-5-14(10-13)19-22-23-20(28)24(19)12-18(25)21-15-6-7-16-17(11-15)27-9-3-8-26-16/h2,4-7,10-11H,3,8-9,12H2,1H3,(H,21,25)(H,23,28). The molecule has 0 fully saturated rings. The summed E-state index contributed by atoms with van der Waals surface area (Å²) in [7, 11) is 0. The first-order chi connectivity index (χ1) is 13.6. The fraction of sp³-hybridized carbons (Fsp3) is 0.250. The SMILES string of the molecule is Cc1cccc(-c2n[nH]c(=S)n2CC(=O)Nc2ccc3c(c2)OCCCO3)c1. The van der Waals surface area contributed by atoms with Crippen LogP contribution in [0.4, 0.5) is 5.69 Å². The molecule has 7 nitrogen and oxygen atoms in total. The van der Waals surface area contributed by atoms with Crippen LogP contribution in [0, 0.1) is 11.7 Å². The Hall–Kier alpha value is -3.13. The summed E-state index contributed by atoms with van der Waals surface area (Å²) in [4.78, 5) is 12.6. The third-order valence-corrected chi connectivity index (χ3v) is 4.68. The number of fused-ring (bicyclic) bond motifs is 1. The zero-order valence-corrected chi connectivity index (χ0v) is 16.2. The van der Waals surface area contributed by atoms with Gasteiger partial charge in [0.25, 0.3) is 0 Å². The Kier molecular flexibility index (Phi) is 5.12. The van der Waals surface area contributed by atoms with Crippen LogP contribution in [-0.4, -0.2) is 33.9 Å². The second-order valence-corrected chi connectivity index (χ2v) is 6.95. The summed E-state index contributed by atoms with van der Waals surface area (Å²) in [6.07, 6.45) is 0.830. The van der Waals surface area contributed by atoms with Gasteiger partial charge >= 0.3 is 0 Å². The highest BCUT2D eigenvalue weighted by Gasteiger charge is 2.15. The first-order valence-corrected chi connectivity index (χ1v) is 9.43. The number of hydrogen-bond acceptors (Lipinski definition) is 5. The van der Waals surface area contributed by atoms with E-state index in [0.717, 1.165) is 17.5 Å². The predicted molar refractivity (Wildman–Crippen MR) is 108 cm³/mol. The monoisotopic (exact) mass is 396 g/mol. The van der Waals surface area contributed by atoms with Crippen LogP contribution in [0.1, 0.15) is 12.0 Å². The van der Waals surface area contributed by atoms with Gasteiger partial charge in [-0.15, -0.1) is 0 Å². The molecule has 1 aliphatic rings. The maximum absolute atomic E-state index is 12.6. The number of benzene rings is 2. The molecule has 0 radical (unpaired) electrons. The number of anilines is 1. The summed E-state index contributed by atoms with van der Waals surface area (Å²) in [5.41, 5.74) is 2.65. The molecule has 8 heteroatoms. The van der Waals surface area contributed by atoms with Gasteiger partial charge in [-0.1, -0.05) is 23.8 Å². The van der Waals surface area contributed by atoms with Crippen LogP contribution in [0.3, 0.4) is 0 Å². The zero-order chi connectivity index (χ0) is 19.5. The molecule has 2 N–H and O–H groups in total. The molecular weight excluding hydrogens is 376 g/mol. The second-order valence-electron chi connectivity index (χ2n) is 6.57. The third kappa shape index (κ3) is 3.91. The van der Waals surface area contributed by atoms with Crippen LogP contribution in [0.2, 0.25) is 0 Å². The van der Waals surface area contributed by atoms with Crippen molar-refractivity contribution in [2.45, 2.75) is 19.9 Å². The molecule has 0 spiro atoms. The molecule has 1 aliphatic heterocycles. The normalized spacial score (nSPS) is 13.0. The highest BCUT2D eigenvalue weighted by atomic mass is 32.1. The molecule has 1 aromatic heterocycles. The Balaban J connectivity index is 1.53. The number of aromatic nitrogens is 3. The molecule has 4 rings (SSSR count). The van der Waals surface area contributed by atoms with E-state index in [4.69, 9.17) is 21.7 Å². The van der Waals surface area contributed by atoms with Gasteiger partial charge in [0.2, 0.25) is 5.91 Å². The summed E-state index contributed by atoms with van der Waals surface area (Å²) in [5, 5.41) is 9.94. The number of ether oxygens (including phenoxy) is 2. The molecule has 1 amide bonds. The van der Waals surface area contributed by atoms with Crippen molar-refractivity contribution in [1.29, 1.82) is 0 Å². The topological polar surface area (TPSA) is 81.2 Å². The Morgan fingerprint density at radius 1 is 1.21 bits per heavy atom. The average Bonchev–Trinajstić information content (AvgIpc) is 2.89. The van der Waals surface area contributed by atoms with Gasteiger partial charge in [-0.3, -0.25) is 14.5 Å². The van der Waals surface area contributed by atoms with E-state index in [9.17, 15) is 4.79 Å². The van der Waals surface area contributed by atoms with Crippen molar-refractivity contribution < 1.29 is 14.3 Å². The lowest BCUT2D eigenvalue weighted by atomic mass is 10.1. The molecule has 2 heterocycles. The number of aromatic amines is 1. The van der Waals surface area contributed by atoms with Crippen molar-refractivity contribution in [3.63, 3.8) is 0 Å². The van der Waals surface area contributed by atoms with E-state index < -0.39 is 0 Å². The molecule has 0 saturated carbocycles. The molecule has 3 aromatic rings. The summed E-state index contributed by atoms with van der Waals surface area (Å²) < 4.78 is 13.4. The molecule has 2 aromatic carbocycles. The van der Waals surface area contributed by atoms with E-state index in [2.05, 4.69) is 15.5 Å². The van der Waals surface area contributed by atoms with Crippen molar-refractivity contribution in [1.82, 2.24) is 14.8 Å². The van der Waals surface area contributed by atoms with Crippen molar-refractivity contribution in [2.24, 2.45) is 0 Å². The van der Waals surface area contributed by atoms with Gasteiger partial charge in [0.05, 0.1) is 13.2 Å². The Morgan fingerprint density at radius 2 is 2.04 bits per heavy atom. The maximum Gasteiger partial charge on any atom is 0.244 e. The quantitative estimate of drug-likeness (QED) is 0.657. The van der Waals surface area contributed by atoms with Crippen molar-refractivity contribution in [3.8, 4) is 22.9 Å². The Bertz CT molecular complexity index is 1070. The van der Waals surface area contributed by atoms with Crippen LogP contribution in [0.25, 0.3) is 11.4 Å². The fourth-order valence-electron chi connectivity index (χ4n) is 3.05. The number of H-pyrrole nitrogens is 1. The van der Waals surface area contributed by atoms with E-state index in [0.29, 0.717) is 41.0 Å². The van der Waals surface area contributed by atoms with Gasteiger partial charge < -0.3 is 14.8 Å². The van der Waals surface area contributed by atoms with Gasteiger partial charge in [0, 0.05) is 23.7 Å². The van der Waals surface area contributed by atoms with Crippen LogP contribution >= 0.6 is 12.2 Å². The first-order valence-electron chi connectivity index (χ1n) is 9.02. The minimum absolute atomic E-state index is 0.0487. The number of rotatable bonds is 4. The predicted octanol–water partition coefficient (Wildman–Crippen LogP) is 3.72. The van der Waals surface area contributed by atoms with Crippen molar-refractivity contribution >= 4 is 23.8 Å².